The normalized spacial score (nSPS) is 13.5. The van der Waals surface area contributed by atoms with Crippen LogP contribution >= 0.6 is 0 Å². The topological polar surface area (TPSA) is 110 Å². The molecule has 0 spiro atoms. The van der Waals surface area contributed by atoms with Crippen LogP contribution in [0.25, 0.3) is 0 Å². The van der Waals surface area contributed by atoms with Crippen LogP contribution in [0.2, 0.25) is 0 Å². The van der Waals surface area contributed by atoms with Crippen molar-refractivity contribution in [3.05, 3.63) is 71.3 Å². The van der Waals surface area contributed by atoms with E-state index in [-0.39, 0.29) is 37.2 Å². The lowest BCUT2D eigenvalue weighted by Gasteiger charge is -2.24. The summed E-state index contributed by atoms with van der Waals surface area (Å²) in [5.74, 6) is -1.09. The molecule has 3 aromatic rings. The van der Waals surface area contributed by atoms with E-state index < -0.39 is 23.6 Å². The second-order valence-corrected chi connectivity index (χ2v) is 7.92. The summed E-state index contributed by atoms with van der Waals surface area (Å²) < 4.78 is 53.6. The number of nitrogens with two attached hydrogens (primary N) is 1. The second kappa shape index (κ2) is 9.57. The molecule has 3 heterocycles. The third kappa shape index (κ3) is 5.74. The third-order valence-corrected chi connectivity index (χ3v) is 5.20. The standard InChI is InChI=1S/C22H21F4N7O/c23-19-20(30-9-13-1-3-15(28-8-13)7-18(27)34)31-12-32-21(19)33(16-4-5-16)11-14-2-6-17(29-10-14)22(24,25)26/h1-3,6,8,10,12,16H,4-5,7,9,11H2,(H2,27,34)(H,30,31,32). The molecule has 0 radical (unpaired) electrons. The zero-order valence-electron chi connectivity index (χ0n) is 17.9. The number of aromatic nitrogens is 4. The van der Waals surface area contributed by atoms with Gasteiger partial charge in [-0.05, 0) is 36.1 Å². The van der Waals surface area contributed by atoms with Gasteiger partial charge in [0.2, 0.25) is 11.7 Å². The Labute approximate surface area is 192 Å². The highest BCUT2D eigenvalue weighted by Gasteiger charge is 2.34. The van der Waals surface area contributed by atoms with E-state index in [0.717, 1.165) is 30.7 Å². The number of hydrogen-bond donors (Lipinski definition) is 2. The molecule has 0 atom stereocenters. The predicted molar refractivity (Wildman–Crippen MR) is 115 cm³/mol. The van der Waals surface area contributed by atoms with Crippen LogP contribution in [0, 0.1) is 5.82 Å². The summed E-state index contributed by atoms with van der Waals surface area (Å²) >= 11 is 0. The lowest BCUT2D eigenvalue weighted by atomic mass is 10.2. The van der Waals surface area contributed by atoms with Gasteiger partial charge in [-0.3, -0.25) is 14.8 Å². The molecule has 1 aliphatic carbocycles. The molecule has 0 unspecified atom stereocenters. The van der Waals surface area contributed by atoms with Gasteiger partial charge in [0.1, 0.15) is 12.0 Å². The summed E-state index contributed by atoms with van der Waals surface area (Å²) in [6.07, 6.45) is 1.09. The van der Waals surface area contributed by atoms with Crippen LogP contribution in [0.5, 0.6) is 0 Å². The molecule has 34 heavy (non-hydrogen) atoms. The van der Waals surface area contributed by atoms with Crippen molar-refractivity contribution in [2.75, 3.05) is 10.2 Å². The fourth-order valence-corrected chi connectivity index (χ4v) is 3.36. The number of carbonyl (C=O) groups excluding carboxylic acids is 1. The minimum atomic E-state index is -4.52. The van der Waals surface area contributed by atoms with E-state index in [9.17, 15) is 18.0 Å². The number of nitrogens with one attached hydrogen (secondary N) is 1. The van der Waals surface area contributed by atoms with Gasteiger partial charge in [-0.1, -0.05) is 12.1 Å². The molecule has 3 N–H and O–H groups in total. The molecule has 4 rings (SSSR count). The minimum absolute atomic E-state index is 0.0117. The van der Waals surface area contributed by atoms with E-state index in [4.69, 9.17) is 5.73 Å². The molecule has 1 amide bonds. The summed E-state index contributed by atoms with van der Waals surface area (Å²) in [4.78, 5) is 28.4. The first-order chi connectivity index (χ1) is 16.2. The van der Waals surface area contributed by atoms with Crippen molar-refractivity contribution in [3.63, 3.8) is 0 Å². The highest BCUT2D eigenvalue weighted by molar-refractivity contribution is 5.76. The van der Waals surface area contributed by atoms with E-state index in [1.807, 2.05) is 0 Å². The van der Waals surface area contributed by atoms with Gasteiger partial charge in [0.15, 0.2) is 11.6 Å². The summed E-state index contributed by atoms with van der Waals surface area (Å²) in [6, 6.07) is 5.68. The van der Waals surface area contributed by atoms with Crippen LogP contribution < -0.4 is 16.0 Å². The third-order valence-electron chi connectivity index (χ3n) is 5.20. The maximum atomic E-state index is 15.3. The van der Waals surface area contributed by atoms with Gasteiger partial charge in [-0.2, -0.15) is 17.6 Å². The molecular weight excluding hydrogens is 454 g/mol. The Morgan fingerprint density at radius 2 is 1.79 bits per heavy atom. The molecule has 178 valence electrons. The number of alkyl halides is 3. The number of nitrogens with zero attached hydrogens (tertiary/aromatic N) is 5. The van der Waals surface area contributed by atoms with Crippen LogP contribution in [-0.4, -0.2) is 31.9 Å². The fourth-order valence-electron chi connectivity index (χ4n) is 3.36. The average Bonchev–Trinajstić information content (AvgIpc) is 3.63. The number of hydrogen-bond acceptors (Lipinski definition) is 7. The first-order valence-corrected chi connectivity index (χ1v) is 10.5. The van der Waals surface area contributed by atoms with Gasteiger partial charge in [0.05, 0.1) is 6.42 Å². The van der Waals surface area contributed by atoms with Crippen molar-refractivity contribution in [2.45, 2.75) is 44.6 Å². The summed E-state index contributed by atoms with van der Waals surface area (Å²) in [7, 11) is 0. The lowest BCUT2D eigenvalue weighted by Crippen LogP contribution is -2.28. The van der Waals surface area contributed by atoms with Crippen molar-refractivity contribution >= 4 is 17.5 Å². The van der Waals surface area contributed by atoms with E-state index >= 15 is 4.39 Å². The van der Waals surface area contributed by atoms with E-state index in [0.29, 0.717) is 11.3 Å². The van der Waals surface area contributed by atoms with Gasteiger partial charge in [0, 0.05) is 37.2 Å². The van der Waals surface area contributed by atoms with Crippen molar-refractivity contribution < 1.29 is 22.4 Å². The molecule has 1 fully saturated rings. The molecule has 0 bridgehead atoms. The molecule has 0 aliphatic heterocycles. The number of amides is 1. The zero-order valence-corrected chi connectivity index (χ0v) is 17.9. The number of halogens is 4. The number of pyridine rings is 2. The number of rotatable bonds is 9. The highest BCUT2D eigenvalue weighted by atomic mass is 19.4. The Bertz CT molecular complexity index is 1150. The largest absolute Gasteiger partial charge is 0.433 e. The average molecular weight is 475 g/mol. The van der Waals surface area contributed by atoms with Crippen LogP contribution in [0.15, 0.2) is 43.0 Å². The summed E-state index contributed by atoms with van der Waals surface area (Å²) in [6.45, 7) is 0.387. The van der Waals surface area contributed by atoms with Crippen LogP contribution in [-0.2, 0) is 30.5 Å². The SMILES string of the molecule is NC(=O)Cc1ccc(CNc2ncnc(N(Cc3ccc(C(F)(F)F)nc3)C3CC3)c2F)cn1. The first-order valence-electron chi connectivity index (χ1n) is 10.5. The quantitative estimate of drug-likeness (QED) is 0.457. The zero-order chi connectivity index (χ0) is 24.3. The summed E-state index contributed by atoms with van der Waals surface area (Å²) in [5, 5.41) is 2.91. The van der Waals surface area contributed by atoms with Gasteiger partial charge in [-0.15, -0.1) is 0 Å². The first kappa shape index (κ1) is 23.3. The van der Waals surface area contributed by atoms with Gasteiger partial charge in [-0.25, -0.2) is 9.97 Å². The van der Waals surface area contributed by atoms with Crippen LogP contribution in [0.3, 0.4) is 0 Å². The smallest absolute Gasteiger partial charge is 0.369 e. The van der Waals surface area contributed by atoms with Gasteiger partial charge in [0.25, 0.3) is 0 Å². The molecular formula is C22H21F4N7O. The Morgan fingerprint density at radius 1 is 1.06 bits per heavy atom. The van der Waals surface area contributed by atoms with Crippen molar-refractivity contribution in [2.24, 2.45) is 5.73 Å². The fraction of sp³-hybridized carbons (Fsp3) is 0.318. The molecule has 1 saturated carbocycles. The number of carbonyl (C=O) groups is 1. The minimum Gasteiger partial charge on any atom is -0.369 e. The predicted octanol–water partition coefficient (Wildman–Crippen LogP) is 3.23. The van der Waals surface area contributed by atoms with Crippen LogP contribution in [0.1, 0.15) is 35.4 Å². The molecule has 1 aliphatic rings. The number of anilines is 2. The molecule has 12 heteroatoms. The van der Waals surface area contributed by atoms with Crippen molar-refractivity contribution in [3.8, 4) is 0 Å². The Morgan fingerprint density at radius 3 is 2.38 bits per heavy atom. The lowest BCUT2D eigenvalue weighted by molar-refractivity contribution is -0.141. The second-order valence-electron chi connectivity index (χ2n) is 7.92. The Kier molecular flexibility index (Phi) is 6.57. The highest BCUT2D eigenvalue weighted by Crippen LogP contribution is 2.35. The Hall–Kier alpha value is -3.83. The molecule has 8 nitrogen and oxygen atoms in total. The molecule has 0 aromatic carbocycles. The molecule has 0 saturated heterocycles. The van der Waals surface area contributed by atoms with Gasteiger partial charge < -0.3 is 16.0 Å². The van der Waals surface area contributed by atoms with Crippen LogP contribution in [0.4, 0.5) is 29.2 Å². The molecule has 3 aromatic heterocycles. The van der Waals surface area contributed by atoms with Crippen molar-refractivity contribution in [1.82, 2.24) is 19.9 Å². The monoisotopic (exact) mass is 475 g/mol. The van der Waals surface area contributed by atoms with E-state index in [2.05, 4.69) is 25.3 Å². The Balaban J connectivity index is 1.47. The van der Waals surface area contributed by atoms with E-state index in [1.54, 1.807) is 23.2 Å². The maximum absolute atomic E-state index is 15.3. The summed E-state index contributed by atoms with van der Waals surface area (Å²) in [5.41, 5.74) is 5.95. The maximum Gasteiger partial charge on any atom is 0.433 e. The van der Waals surface area contributed by atoms with Gasteiger partial charge >= 0.3 is 6.18 Å². The number of primary amides is 1. The van der Waals surface area contributed by atoms with Crippen molar-refractivity contribution in [1.29, 1.82) is 0 Å². The van der Waals surface area contributed by atoms with E-state index in [1.165, 1.54) is 12.4 Å².